The quantitative estimate of drug-likeness (QED) is 0.0276. The van der Waals surface area contributed by atoms with E-state index in [1.807, 2.05) is 12.2 Å². The van der Waals surface area contributed by atoms with Crippen molar-refractivity contribution in [1.82, 2.24) is 0 Å². The lowest BCUT2D eigenvalue weighted by atomic mass is 10.1. The van der Waals surface area contributed by atoms with Gasteiger partial charge in [-0.15, -0.1) is 0 Å². The monoisotopic (exact) mass is 737 g/mol. The summed E-state index contributed by atoms with van der Waals surface area (Å²) < 4.78 is 16.5. The van der Waals surface area contributed by atoms with Crippen molar-refractivity contribution in [3.63, 3.8) is 0 Å². The van der Waals surface area contributed by atoms with Crippen molar-refractivity contribution < 1.29 is 28.6 Å². The first-order chi connectivity index (χ1) is 26.0. The van der Waals surface area contributed by atoms with Gasteiger partial charge in [-0.2, -0.15) is 0 Å². The average molecular weight is 737 g/mol. The van der Waals surface area contributed by atoms with E-state index in [9.17, 15) is 14.4 Å². The number of carbonyl (C=O) groups excluding carboxylic acids is 3. The lowest BCUT2D eigenvalue weighted by Crippen LogP contribution is -2.30. The Kier molecular flexibility index (Phi) is 38.7. The summed E-state index contributed by atoms with van der Waals surface area (Å²) in [6, 6.07) is 0. The normalized spacial score (nSPS) is 12.9. The molecular formula is C47H76O6. The summed E-state index contributed by atoms with van der Waals surface area (Å²) >= 11 is 0. The number of hydrogen-bond donors (Lipinski definition) is 0. The highest BCUT2D eigenvalue weighted by molar-refractivity contribution is 5.71. The van der Waals surface area contributed by atoms with Crippen molar-refractivity contribution in [3.8, 4) is 0 Å². The third-order valence-electron chi connectivity index (χ3n) is 8.37. The minimum Gasteiger partial charge on any atom is -0.462 e. The Hall–Kier alpha value is -3.41. The van der Waals surface area contributed by atoms with Gasteiger partial charge >= 0.3 is 17.9 Å². The Bertz CT molecular complexity index is 1080. The summed E-state index contributed by atoms with van der Waals surface area (Å²) in [6.45, 7) is 6.30. The molecule has 300 valence electrons. The molecule has 1 atom stereocenters. The van der Waals surface area contributed by atoms with E-state index >= 15 is 0 Å². The zero-order chi connectivity index (χ0) is 38.7. The van der Waals surface area contributed by atoms with Crippen LogP contribution in [0.3, 0.4) is 0 Å². The molecular weight excluding hydrogens is 661 g/mol. The minimum atomic E-state index is -0.819. The topological polar surface area (TPSA) is 78.9 Å². The minimum absolute atomic E-state index is 0.121. The Balaban J connectivity index is 4.53. The fraction of sp³-hybridized carbons (Fsp3) is 0.638. The van der Waals surface area contributed by atoms with Gasteiger partial charge < -0.3 is 14.2 Å². The second-order valence-electron chi connectivity index (χ2n) is 13.5. The molecule has 0 aromatic carbocycles. The molecule has 0 aromatic heterocycles. The Morgan fingerprint density at radius 2 is 0.811 bits per heavy atom. The van der Waals surface area contributed by atoms with E-state index in [4.69, 9.17) is 14.2 Å². The second-order valence-corrected chi connectivity index (χ2v) is 13.5. The van der Waals surface area contributed by atoms with Gasteiger partial charge in [-0.25, -0.2) is 0 Å². The molecule has 0 fully saturated rings. The predicted octanol–water partition coefficient (Wildman–Crippen LogP) is 13.3. The molecule has 1 unspecified atom stereocenters. The zero-order valence-electron chi connectivity index (χ0n) is 34.0. The van der Waals surface area contributed by atoms with Crippen molar-refractivity contribution in [2.45, 2.75) is 181 Å². The number of ether oxygens (including phenoxy) is 3. The fourth-order valence-corrected chi connectivity index (χ4v) is 5.18. The first-order valence-electron chi connectivity index (χ1n) is 21.1. The van der Waals surface area contributed by atoms with Crippen molar-refractivity contribution in [2.24, 2.45) is 0 Å². The lowest BCUT2D eigenvalue weighted by Gasteiger charge is -2.18. The van der Waals surface area contributed by atoms with Crippen molar-refractivity contribution in [1.29, 1.82) is 0 Å². The van der Waals surface area contributed by atoms with Gasteiger partial charge in [0.25, 0.3) is 0 Å². The summed E-state index contributed by atoms with van der Waals surface area (Å²) in [5, 5.41) is 0. The highest BCUT2D eigenvalue weighted by atomic mass is 16.6. The van der Waals surface area contributed by atoms with Crippen LogP contribution in [0, 0.1) is 0 Å². The Labute approximate surface area is 325 Å². The van der Waals surface area contributed by atoms with Crippen LogP contribution in [0.15, 0.2) is 85.1 Å². The molecule has 0 amide bonds. The van der Waals surface area contributed by atoms with Gasteiger partial charge in [0.1, 0.15) is 13.2 Å². The summed E-state index contributed by atoms with van der Waals surface area (Å²) in [4.78, 5) is 37.5. The number of hydrogen-bond acceptors (Lipinski definition) is 6. The molecule has 0 aliphatic carbocycles. The molecule has 0 aliphatic rings. The van der Waals surface area contributed by atoms with Gasteiger partial charge in [0.05, 0.1) is 0 Å². The van der Waals surface area contributed by atoms with Crippen LogP contribution in [0.2, 0.25) is 0 Å². The van der Waals surface area contributed by atoms with E-state index in [-0.39, 0.29) is 37.5 Å². The van der Waals surface area contributed by atoms with E-state index < -0.39 is 6.10 Å². The number of rotatable bonds is 36. The molecule has 0 radical (unpaired) electrons. The van der Waals surface area contributed by atoms with Gasteiger partial charge in [0, 0.05) is 19.3 Å². The molecule has 0 rings (SSSR count). The molecule has 0 saturated heterocycles. The molecule has 0 N–H and O–H groups in total. The highest BCUT2D eigenvalue weighted by Crippen LogP contribution is 2.10. The molecule has 6 nitrogen and oxygen atoms in total. The number of allylic oxidation sites excluding steroid dienone is 14. The summed E-state index contributed by atoms with van der Waals surface area (Å²) in [6.07, 6.45) is 51.6. The maximum Gasteiger partial charge on any atom is 0.306 e. The number of carbonyl (C=O) groups is 3. The lowest BCUT2D eigenvalue weighted by molar-refractivity contribution is -0.166. The van der Waals surface area contributed by atoms with Crippen molar-refractivity contribution in [3.05, 3.63) is 85.1 Å². The Morgan fingerprint density at radius 1 is 0.396 bits per heavy atom. The molecule has 0 aliphatic heterocycles. The van der Waals surface area contributed by atoms with E-state index in [1.54, 1.807) is 0 Å². The van der Waals surface area contributed by atoms with Gasteiger partial charge in [-0.1, -0.05) is 151 Å². The zero-order valence-corrected chi connectivity index (χ0v) is 34.0. The van der Waals surface area contributed by atoms with E-state index in [0.717, 1.165) is 83.5 Å². The van der Waals surface area contributed by atoms with Gasteiger partial charge in [0.2, 0.25) is 0 Å². The summed E-state index contributed by atoms with van der Waals surface area (Å²) in [7, 11) is 0. The fourth-order valence-electron chi connectivity index (χ4n) is 5.18. The standard InChI is InChI=1S/C47H76O6/c1-4-7-10-13-16-19-21-22-23-24-25-26-29-31-34-37-40-46(49)52-43-44(42-51-45(48)39-36-33-30-27-18-15-12-9-6-3)53-47(50)41-38-35-32-28-20-17-14-11-8-5-2/h7,10,14,16-17,19,22-23,25-27,30-31,34,44H,4-6,8-9,11-13,15,18,20-21,24,28-29,32-33,35-43H2,1-3H3/b10-7-,17-14-,19-16-,23-22-,26-25-,30-27-,34-31-. The SMILES string of the molecule is CC/C=C\C/C=C\C/C=C\C/C=C\C/C=C\CCC(=O)OCC(COC(=O)CCC/C=C\CCCCCC)OC(=O)CCCCCC/C=C\CCCC. The van der Waals surface area contributed by atoms with E-state index in [1.165, 1.54) is 38.5 Å². The van der Waals surface area contributed by atoms with Gasteiger partial charge in [-0.3, -0.25) is 14.4 Å². The number of unbranched alkanes of at least 4 members (excludes halogenated alkanes) is 11. The van der Waals surface area contributed by atoms with Gasteiger partial charge in [0.15, 0.2) is 6.10 Å². The third kappa shape index (κ3) is 39.6. The largest absolute Gasteiger partial charge is 0.462 e. The van der Waals surface area contributed by atoms with Crippen molar-refractivity contribution in [2.75, 3.05) is 13.2 Å². The maximum atomic E-state index is 12.6. The van der Waals surface area contributed by atoms with Gasteiger partial charge in [-0.05, 0) is 89.9 Å². The first kappa shape index (κ1) is 49.6. The summed E-state index contributed by atoms with van der Waals surface area (Å²) in [5.74, 6) is -1.07. The molecule has 6 heteroatoms. The molecule has 53 heavy (non-hydrogen) atoms. The summed E-state index contributed by atoms with van der Waals surface area (Å²) in [5.41, 5.74) is 0. The van der Waals surface area contributed by atoms with Crippen LogP contribution in [0.4, 0.5) is 0 Å². The molecule has 0 aromatic rings. The van der Waals surface area contributed by atoms with Crippen LogP contribution in [-0.4, -0.2) is 37.2 Å². The van der Waals surface area contributed by atoms with Crippen LogP contribution in [0.25, 0.3) is 0 Å². The van der Waals surface area contributed by atoms with Crippen LogP contribution >= 0.6 is 0 Å². The number of esters is 3. The smallest absolute Gasteiger partial charge is 0.306 e. The Morgan fingerprint density at radius 3 is 1.36 bits per heavy atom. The second kappa shape index (κ2) is 41.3. The average Bonchev–Trinajstić information content (AvgIpc) is 3.15. The molecule has 0 bridgehead atoms. The maximum absolute atomic E-state index is 12.6. The molecule has 0 heterocycles. The first-order valence-corrected chi connectivity index (χ1v) is 21.1. The van der Waals surface area contributed by atoms with Crippen molar-refractivity contribution >= 4 is 17.9 Å². The predicted molar refractivity (Wildman–Crippen MR) is 224 cm³/mol. The highest BCUT2D eigenvalue weighted by Gasteiger charge is 2.19. The molecule has 0 spiro atoms. The van der Waals surface area contributed by atoms with Crippen LogP contribution in [0.1, 0.15) is 175 Å². The van der Waals surface area contributed by atoms with Crippen LogP contribution in [0.5, 0.6) is 0 Å². The van der Waals surface area contributed by atoms with Crippen LogP contribution in [-0.2, 0) is 28.6 Å². The molecule has 0 saturated carbocycles. The van der Waals surface area contributed by atoms with E-state index in [2.05, 4.69) is 93.7 Å². The van der Waals surface area contributed by atoms with E-state index in [0.29, 0.717) is 25.7 Å². The van der Waals surface area contributed by atoms with Crippen LogP contribution < -0.4 is 0 Å². The third-order valence-corrected chi connectivity index (χ3v) is 8.37.